The number of aryl methyl sites for hydroxylation is 1. The number of rotatable bonds is 4. The van der Waals surface area contributed by atoms with Gasteiger partial charge in [0.25, 0.3) is 5.91 Å². The summed E-state index contributed by atoms with van der Waals surface area (Å²) in [6.45, 7) is 6.28. The number of nitrogens with one attached hydrogen (secondary N) is 1. The third-order valence-electron chi connectivity index (χ3n) is 4.12. The Morgan fingerprint density at radius 1 is 1.48 bits per heavy atom. The Bertz CT molecular complexity index is 596. The Labute approximate surface area is 136 Å². The molecule has 0 aromatic carbocycles. The van der Waals surface area contributed by atoms with Crippen LogP contribution in [-0.4, -0.2) is 52.5 Å². The molecular weight excluding hydrogens is 298 g/mol. The zero-order valence-corrected chi connectivity index (χ0v) is 14.2. The van der Waals surface area contributed by atoms with Crippen molar-refractivity contribution in [1.82, 2.24) is 15.2 Å². The van der Waals surface area contributed by atoms with E-state index in [1.54, 1.807) is 11.8 Å². The van der Waals surface area contributed by atoms with E-state index in [2.05, 4.69) is 10.3 Å². The van der Waals surface area contributed by atoms with Crippen LogP contribution in [0.15, 0.2) is 4.42 Å². The number of hydrogen-bond donors (Lipinski definition) is 2. The number of nitrogens with zero attached hydrogens (tertiary/aromatic N) is 2. The molecule has 1 aromatic heterocycles. The fourth-order valence-electron chi connectivity index (χ4n) is 2.83. The second-order valence-corrected chi connectivity index (χ2v) is 6.52. The van der Waals surface area contributed by atoms with Gasteiger partial charge in [0.1, 0.15) is 5.76 Å². The van der Waals surface area contributed by atoms with E-state index < -0.39 is 5.60 Å². The summed E-state index contributed by atoms with van der Waals surface area (Å²) in [5.74, 6) is 0.624. The molecule has 7 nitrogen and oxygen atoms in total. The molecule has 1 aliphatic heterocycles. The molecule has 0 aliphatic carbocycles. The number of aliphatic hydroxyl groups is 1. The summed E-state index contributed by atoms with van der Waals surface area (Å²) in [6.07, 6.45) is 1.13. The lowest BCUT2D eigenvalue weighted by Gasteiger charge is -2.38. The highest BCUT2D eigenvalue weighted by Gasteiger charge is 2.38. The smallest absolute Gasteiger partial charge is 0.276 e. The van der Waals surface area contributed by atoms with E-state index in [0.717, 1.165) is 0 Å². The Morgan fingerprint density at radius 3 is 2.74 bits per heavy atom. The lowest BCUT2D eigenvalue weighted by molar-refractivity contribution is -0.127. The number of likely N-dealkylation sites (tertiary alicyclic amines) is 1. The maximum Gasteiger partial charge on any atom is 0.276 e. The number of β-amino-alcohol motifs (C(OH)–C–C–N with tert-alkyl or cyclic N) is 1. The van der Waals surface area contributed by atoms with Crippen LogP contribution in [0.2, 0.25) is 0 Å². The number of aromatic nitrogens is 1. The van der Waals surface area contributed by atoms with Gasteiger partial charge in [0.05, 0.1) is 18.6 Å². The number of oxazole rings is 1. The molecule has 1 unspecified atom stereocenters. The van der Waals surface area contributed by atoms with Gasteiger partial charge in [-0.05, 0) is 19.8 Å². The molecule has 1 saturated heterocycles. The standard InChI is InChI=1S/C16H25N3O4/c1-10(2)14-18-13(11(3)23-14)15(21)19-7-5-6-16(22,9-19)8-12(20)17-4/h10,22H,5-9H2,1-4H3,(H,17,20). The summed E-state index contributed by atoms with van der Waals surface area (Å²) in [5.41, 5.74) is -0.898. The molecule has 128 valence electrons. The van der Waals surface area contributed by atoms with E-state index >= 15 is 0 Å². The van der Waals surface area contributed by atoms with Crippen molar-refractivity contribution >= 4 is 11.8 Å². The maximum absolute atomic E-state index is 12.7. The third-order valence-corrected chi connectivity index (χ3v) is 4.12. The number of hydrogen-bond acceptors (Lipinski definition) is 5. The van der Waals surface area contributed by atoms with Gasteiger partial charge < -0.3 is 19.7 Å². The van der Waals surface area contributed by atoms with Crippen LogP contribution in [-0.2, 0) is 4.79 Å². The number of carbonyl (C=O) groups is 2. The molecule has 2 amide bonds. The summed E-state index contributed by atoms with van der Waals surface area (Å²) in [5, 5.41) is 13.1. The zero-order valence-electron chi connectivity index (χ0n) is 14.2. The summed E-state index contributed by atoms with van der Waals surface area (Å²) in [7, 11) is 1.53. The highest BCUT2D eigenvalue weighted by atomic mass is 16.4. The first-order chi connectivity index (χ1) is 10.8. The lowest BCUT2D eigenvalue weighted by atomic mass is 9.89. The molecule has 2 heterocycles. The van der Waals surface area contributed by atoms with E-state index in [-0.39, 0.29) is 36.4 Å². The zero-order chi connectivity index (χ0) is 17.2. The van der Waals surface area contributed by atoms with E-state index in [1.807, 2.05) is 13.8 Å². The van der Waals surface area contributed by atoms with Crippen LogP contribution in [0.1, 0.15) is 61.2 Å². The highest BCUT2D eigenvalue weighted by Crippen LogP contribution is 2.27. The molecule has 0 bridgehead atoms. The van der Waals surface area contributed by atoms with Crippen LogP contribution in [0.3, 0.4) is 0 Å². The Morgan fingerprint density at radius 2 is 2.17 bits per heavy atom. The molecule has 23 heavy (non-hydrogen) atoms. The van der Waals surface area contributed by atoms with Gasteiger partial charge in [-0.25, -0.2) is 4.98 Å². The topological polar surface area (TPSA) is 95.7 Å². The van der Waals surface area contributed by atoms with Crippen LogP contribution < -0.4 is 5.32 Å². The average molecular weight is 323 g/mol. The van der Waals surface area contributed by atoms with Crippen molar-refractivity contribution in [2.45, 2.75) is 51.6 Å². The summed E-state index contributed by atoms with van der Waals surface area (Å²) >= 11 is 0. The molecule has 0 radical (unpaired) electrons. The minimum Gasteiger partial charge on any atom is -0.445 e. The van der Waals surface area contributed by atoms with Crippen LogP contribution >= 0.6 is 0 Å². The first-order valence-electron chi connectivity index (χ1n) is 7.95. The second-order valence-electron chi connectivity index (χ2n) is 6.52. The van der Waals surface area contributed by atoms with Gasteiger partial charge in [-0.1, -0.05) is 13.8 Å². The first-order valence-corrected chi connectivity index (χ1v) is 7.95. The van der Waals surface area contributed by atoms with Gasteiger partial charge in [0.15, 0.2) is 11.6 Å². The molecule has 1 aliphatic rings. The molecule has 1 fully saturated rings. The van der Waals surface area contributed by atoms with Gasteiger partial charge >= 0.3 is 0 Å². The largest absolute Gasteiger partial charge is 0.445 e. The number of amides is 2. The molecule has 7 heteroatoms. The van der Waals surface area contributed by atoms with Crippen molar-refractivity contribution in [3.63, 3.8) is 0 Å². The van der Waals surface area contributed by atoms with Crippen LogP contribution in [0.25, 0.3) is 0 Å². The van der Waals surface area contributed by atoms with Gasteiger partial charge in [0.2, 0.25) is 5.91 Å². The summed E-state index contributed by atoms with van der Waals surface area (Å²) in [4.78, 5) is 30.1. The predicted octanol–water partition coefficient (Wildman–Crippen LogP) is 1.21. The van der Waals surface area contributed by atoms with Gasteiger partial charge in [0, 0.05) is 19.5 Å². The van der Waals surface area contributed by atoms with Crippen LogP contribution in [0.4, 0.5) is 0 Å². The van der Waals surface area contributed by atoms with Crippen molar-refractivity contribution in [3.05, 3.63) is 17.3 Å². The van der Waals surface area contributed by atoms with Gasteiger partial charge in [-0.3, -0.25) is 9.59 Å². The molecule has 2 N–H and O–H groups in total. The Balaban J connectivity index is 2.14. The normalized spacial score (nSPS) is 21.6. The van der Waals surface area contributed by atoms with E-state index in [0.29, 0.717) is 31.0 Å². The highest BCUT2D eigenvalue weighted by molar-refractivity contribution is 5.93. The predicted molar refractivity (Wildman–Crippen MR) is 84.1 cm³/mol. The van der Waals surface area contributed by atoms with E-state index in [1.165, 1.54) is 7.05 Å². The van der Waals surface area contributed by atoms with E-state index in [9.17, 15) is 14.7 Å². The summed E-state index contributed by atoms with van der Waals surface area (Å²) in [6, 6.07) is 0. The quantitative estimate of drug-likeness (QED) is 0.868. The SMILES string of the molecule is CNC(=O)CC1(O)CCCN(C(=O)c2nc(C(C)C)oc2C)C1. The van der Waals surface area contributed by atoms with Crippen molar-refractivity contribution < 1.29 is 19.1 Å². The van der Waals surface area contributed by atoms with E-state index in [4.69, 9.17) is 4.42 Å². The molecule has 0 saturated carbocycles. The maximum atomic E-state index is 12.7. The fraction of sp³-hybridized carbons (Fsp3) is 0.688. The van der Waals surface area contributed by atoms with Crippen LogP contribution in [0.5, 0.6) is 0 Å². The van der Waals surface area contributed by atoms with Crippen molar-refractivity contribution in [3.8, 4) is 0 Å². The van der Waals surface area contributed by atoms with Crippen molar-refractivity contribution in [2.24, 2.45) is 0 Å². The fourth-order valence-corrected chi connectivity index (χ4v) is 2.83. The number of piperidine rings is 1. The minimum absolute atomic E-state index is 0.0116. The monoisotopic (exact) mass is 323 g/mol. The minimum atomic E-state index is -1.19. The number of carbonyl (C=O) groups excluding carboxylic acids is 2. The third kappa shape index (κ3) is 3.90. The first kappa shape index (κ1) is 17.5. The molecule has 2 rings (SSSR count). The second kappa shape index (κ2) is 6.70. The Kier molecular flexibility index (Phi) is 5.09. The molecule has 1 aromatic rings. The van der Waals surface area contributed by atoms with Gasteiger partial charge in [-0.15, -0.1) is 0 Å². The molecular formula is C16H25N3O4. The molecule has 0 spiro atoms. The van der Waals surface area contributed by atoms with Crippen molar-refractivity contribution in [2.75, 3.05) is 20.1 Å². The average Bonchev–Trinajstić information content (AvgIpc) is 2.88. The molecule has 1 atom stereocenters. The van der Waals surface area contributed by atoms with Gasteiger partial charge in [-0.2, -0.15) is 0 Å². The Hall–Kier alpha value is -1.89. The van der Waals surface area contributed by atoms with Crippen molar-refractivity contribution in [1.29, 1.82) is 0 Å². The lowest BCUT2D eigenvalue weighted by Crippen LogP contribution is -2.52. The van der Waals surface area contributed by atoms with Crippen LogP contribution in [0, 0.1) is 6.92 Å². The summed E-state index contributed by atoms with van der Waals surface area (Å²) < 4.78 is 5.54.